The van der Waals surface area contributed by atoms with Crippen molar-refractivity contribution >= 4 is 17.4 Å². The van der Waals surface area contributed by atoms with Crippen molar-refractivity contribution in [2.45, 2.75) is 31.6 Å². The van der Waals surface area contributed by atoms with Crippen molar-refractivity contribution in [2.75, 3.05) is 18.8 Å². The molecule has 2 aromatic carbocycles. The highest BCUT2D eigenvalue weighted by molar-refractivity contribution is 6.07. The SMILES string of the molecule is COc1cccc(N2C(=O)CC(c3ccc4c(c3)OCO4)C3=C2CCCC3=O)c1. The van der Waals surface area contributed by atoms with Crippen molar-refractivity contribution in [3.8, 4) is 17.2 Å². The minimum absolute atomic E-state index is 0.0191. The van der Waals surface area contributed by atoms with Crippen LogP contribution in [0.2, 0.25) is 0 Å². The fourth-order valence-electron chi connectivity index (χ4n) is 4.46. The summed E-state index contributed by atoms with van der Waals surface area (Å²) in [5.74, 6) is 1.87. The van der Waals surface area contributed by atoms with Crippen LogP contribution >= 0.6 is 0 Å². The number of ether oxygens (including phenoxy) is 3. The van der Waals surface area contributed by atoms with E-state index in [0.717, 1.165) is 28.9 Å². The normalized spacial score (nSPS) is 20.7. The summed E-state index contributed by atoms with van der Waals surface area (Å²) in [4.78, 5) is 27.9. The molecule has 2 aliphatic heterocycles. The summed E-state index contributed by atoms with van der Waals surface area (Å²) in [5, 5.41) is 0. The van der Waals surface area contributed by atoms with E-state index in [4.69, 9.17) is 14.2 Å². The summed E-state index contributed by atoms with van der Waals surface area (Å²) >= 11 is 0. The van der Waals surface area contributed by atoms with E-state index in [1.54, 1.807) is 12.0 Å². The first kappa shape index (κ1) is 17.8. The average molecular weight is 391 g/mol. The Hall–Kier alpha value is -3.28. The molecule has 0 bridgehead atoms. The lowest BCUT2D eigenvalue weighted by atomic mass is 9.77. The molecule has 0 spiro atoms. The fourth-order valence-corrected chi connectivity index (χ4v) is 4.46. The molecule has 0 fully saturated rings. The van der Waals surface area contributed by atoms with Gasteiger partial charge in [0.15, 0.2) is 17.3 Å². The summed E-state index contributed by atoms with van der Waals surface area (Å²) in [6.07, 6.45) is 2.20. The zero-order valence-electron chi connectivity index (χ0n) is 16.1. The molecule has 0 radical (unpaired) electrons. The highest BCUT2D eigenvalue weighted by atomic mass is 16.7. The van der Waals surface area contributed by atoms with E-state index in [0.29, 0.717) is 30.1 Å². The van der Waals surface area contributed by atoms with Crippen molar-refractivity contribution < 1.29 is 23.8 Å². The monoisotopic (exact) mass is 391 g/mol. The van der Waals surface area contributed by atoms with Crippen molar-refractivity contribution in [3.63, 3.8) is 0 Å². The number of ketones is 1. The van der Waals surface area contributed by atoms with Gasteiger partial charge < -0.3 is 14.2 Å². The fraction of sp³-hybridized carbons (Fsp3) is 0.304. The minimum Gasteiger partial charge on any atom is -0.497 e. The Bertz CT molecular complexity index is 1040. The largest absolute Gasteiger partial charge is 0.497 e. The third-order valence-corrected chi connectivity index (χ3v) is 5.79. The quantitative estimate of drug-likeness (QED) is 0.793. The lowest BCUT2D eigenvalue weighted by molar-refractivity contribution is -0.119. The first-order valence-corrected chi connectivity index (χ1v) is 9.78. The van der Waals surface area contributed by atoms with Crippen molar-refractivity contribution in [1.29, 1.82) is 0 Å². The van der Waals surface area contributed by atoms with Crippen LogP contribution in [0.4, 0.5) is 5.69 Å². The lowest BCUT2D eigenvalue weighted by Gasteiger charge is -2.38. The Balaban J connectivity index is 1.62. The van der Waals surface area contributed by atoms with Crippen LogP contribution in [-0.2, 0) is 9.59 Å². The van der Waals surface area contributed by atoms with Crippen LogP contribution in [0.3, 0.4) is 0 Å². The molecular formula is C23H21NO5. The number of rotatable bonds is 3. The molecule has 6 nitrogen and oxygen atoms in total. The van der Waals surface area contributed by atoms with E-state index in [2.05, 4.69) is 0 Å². The van der Waals surface area contributed by atoms with E-state index in [1.165, 1.54) is 0 Å². The Morgan fingerprint density at radius 2 is 1.90 bits per heavy atom. The van der Waals surface area contributed by atoms with Crippen LogP contribution in [0.25, 0.3) is 0 Å². The second kappa shape index (κ2) is 6.95. The summed E-state index contributed by atoms with van der Waals surface area (Å²) in [5.41, 5.74) is 3.21. The molecular weight excluding hydrogens is 370 g/mol. The number of hydrogen-bond donors (Lipinski definition) is 0. The van der Waals surface area contributed by atoms with Crippen LogP contribution in [0.15, 0.2) is 53.7 Å². The molecule has 2 aromatic rings. The van der Waals surface area contributed by atoms with Crippen LogP contribution in [0.1, 0.15) is 37.2 Å². The van der Waals surface area contributed by atoms with Gasteiger partial charge in [-0.1, -0.05) is 12.1 Å². The van der Waals surface area contributed by atoms with Gasteiger partial charge in [0, 0.05) is 36.1 Å². The van der Waals surface area contributed by atoms with Gasteiger partial charge in [0.25, 0.3) is 0 Å². The number of fused-ring (bicyclic) bond motifs is 1. The summed E-state index contributed by atoms with van der Waals surface area (Å²) in [6.45, 7) is 0.193. The van der Waals surface area contributed by atoms with Gasteiger partial charge in [-0.25, -0.2) is 0 Å². The average Bonchev–Trinajstić information content (AvgIpc) is 3.21. The maximum Gasteiger partial charge on any atom is 0.232 e. The Kier molecular flexibility index (Phi) is 4.27. The van der Waals surface area contributed by atoms with Crippen molar-refractivity contribution in [1.82, 2.24) is 0 Å². The van der Waals surface area contributed by atoms with Gasteiger partial charge >= 0.3 is 0 Å². The summed E-state index contributed by atoms with van der Waals surface area (Å²) in [7, 11) is 1.60. The third kappa shape index (κ3) is 2.95. The smallest absolute Gasteiger partial charge is 0.232 e. The van der Waals surface area contributed by atoms with Crippen molar-refractivity contribution in [2.24, 2.45) is 0 Å². The number of carbonyl (C=O) groups excluding carboxylic acids is 2. The third-order valence-electron chi connectivity index (χ3n) is 5.79. The van der Waals surface area contributed by atoms with E-state index >= 15 is 0 Å². The second-order valence-electron chi connectivity index (χ2n) is 7.44. The zero-order chi connectivity index (χ0) is 20.0. The van der Waals surface area contributed by atoms with Gasteiger partial charge in [-0.15, -0.1) is 0 Å². The minimum atomic E-state index is -0.262. The maximum atomic E-state index is 13.3. The number of benzene rings is 2. The van der Waals surface area contributed by atoms with Gasteiger partial charge in [0.1, 0.15) is 5.75 Å². The highest BCUT2D eigenvalue weighted by Gasteiger charge is 2.40. The van der Waals surface area contributed by atoms with E-state index in [9.17, 15) is 9.59 Å². The second-order valence-corrected chi connectivity index (χ2v) is 7.44. The topological polar surface area (TPSA) is 65.1 Å². The van der Waals surface area contributed by atoms with Crippen molar-refractivity contribution in [3.05, 3.63) is 59.3 Å². The standard InChI is InChI=1S/C23H21NO5/c1-27-16-5-2-4-15(11-16)24-18-6-3-7-19(25)23(18)17(12-22(24)26)14-8-9-20-21(10-14)29-13-28-20/h2,4-5,8-11,17H,3,6-7,12-13H2,1H3. The molecule has 3 aliphatic rings. The Morgan fingerprint density at radius 1 is 1.03 bits per heavy atom. The molecule has 6 heteroatoms. The Morgan fingerprint density at radius 3 is 2.76 bits per heavy atom. The number of carbonyl (C=O) groups is 2. The predicted octanol–water partition coefficient (Wildman–Crippen LogP) is 3.95. The lowest BCUT2D eigenvalue weighted by Crippen LogP contribution is -2.40. The van der Waals surface area contributed by atoms with E-state index < -0.39 is 0 Å². The van der Waals surface area contributed by atoms with E-state index in [1.807, 2.05) is 42.5 Å². The molecule has 29 heavy (non-hydrogen) atoms. The molecule has 1 atom stereocenters. The Labute approximate surface area is 168 Å². The first-order valence-electron chi connectivity index (χ1n) is 9.78. The molecule has 0 N–H and O–H groups in total. The van der Waals surface area contributed by atoms with Gasteiger partial charge in [0.05, 0.1) is 12.8 Å². The summed E-state index contributed by atoms with van der Waals surface area (Å²) < 4.78 is 16.2. The predicted molar refractivity (Wildman–Crippen MR) is 106 cm³/mol. The van der Waals surface area contributed by atoms with Crippen LogP contribution in [0, 0.1) is 0 Å². The number of anilines is 1. The van der Waals surface area contributed by atoms with Gasteiger partial charge in [-0.05, 0) is 42.7 Å². The first-order chi connectivity index (χ1) is 14.2. The zero-order valence-corrected chi connectivity index (χ0v) is 16.1. The van der Waals surface area contributed by atoms with Gasteiger partial charge in [-0.3, -0.25) is 14.5 Å². The number of allylic oxidation sites excluding steroid dienone is 2. The molecule has 0 aromatic heterocycles. The molecule has 148 valence electrons. The maximum absolute atomic E-state index is 13.3. The highest BCUT2D eigenvalue weighted by Crippen LogP contribution is 2.45. The number of nitrogens with zero attached hydrogens (tertiary/aromatic N) is 1. The number of amides is 1. The van der Waals surface area contributed by atoms with Crippen LogP contribution < -0.4 is 19.1 Å². The number of Topliss-reactive ketones (excluding diaryl/α,β-unsaturated/α-hetero) is 1. The molecule has 2 heterocycles. The summed E-state index contributed by atoms with van der Waals surface area (Å²) in [6, 6.07) is 13.1. The van der Waals surface area contributed by atoms with Crippen LogP contribution in [0.5, 0.6) is 17.2 Å². The molecule has 1 unspecified atom stereocenters. The van der Waals surface area contributed by atoms with Gasteiger partial charge in [-0.2, -0.15) is 0 Å². The number of methoxy groups -OCH3 is 1. The van der Waals surface area contributed by atoms with E-state index in [-0.39, 0.29) is 30.8 Å². The van der Waals surface area contributed by atoms with Crippen LogP contribution in [-0.4, -0.2) is 25.6 Å². The number of hydrogen-bond acceptors (Lipinski definition) is 5. The molecule has 1 aliphatic carbocycles. The molecule has 5 rings (SSSR count). The van der Waals surface area contributed by atoms with Gasteiger partial charge in [0.2, 0.25) is 12.7 Å². The molecule has 0 saturated carbocycles. The molecule has 0 saturated heterocycles. The molecule has 1 amide bonds.